The Morgan fingerprint density at radius 1 is 1.19 bits per heavy atom. The Kier molecular flexibility index (Phi) is 4.54. The molecule has 0 spiro atoms. The number of hydrogen-bond donors (Lipinski definition) is 0. The average molecular weight is 365 g/mol. The molecular weight excluding hydrogens is 346 g/mol. The van der Waals surface area contributed by atoms with Gasteiger partial charge in [0.2, 0.25) is 0 Å². The van der Waals surface area contributed by atoms with Crippen molar-refractivity contribution in [2.75, 3.05) is 25.2 Å². The summed E-state index contributed by atoms with van der Waals surface area (Å²) in [6.45, 7) is 0.516. The van der Waals surface area contributed by atoms with Crippen molar-refractivity contribution in [1.29, 1.82) is 0 Å². The summed E-state index contributed by atoms with van der Waals surface area (Å²) in [6, 6.07) is 14.0. The van der Waals surface area contributed by atoms with Gasteiger partial charge in [-0.05, 0) is 42.7 Å². The van der Waals surface area contributed by atoms with E-state index in [-0.39, 0.29) is 12.5 Å². The van der Waals surface area contributed by atoms with E-state index in [0.29, 0.717) is 23.6 Å². The first-order chi connectivity index (χ1) is 13.2. The van der Waals surface area contributed by atoms with Crippen LogP contribution in [-0.4, -0.2) is 26.2 Å². The zero-order valence-electron chi connectivity index (χ0n) is 14.9. The van der Waals surface area contributed by atoms with Crippen LogP contribution in [0, 0.1) is 0 Å². The van der Waals surface area contributed by atoms with Gasteiger partial charge in [0.05, 0.1) is 12.8 Å². The Morgan fingerprint density at radius 3 is 2.89 bits per heavy atom. The van der Waals surface area contributed by atoms with Crippen LogP contribution in [0.25, 0.3) is 11.0 Å². The van der Waals surface area contributed by atoms with E-state index in [1.807, 2.05) is 18.2 Å². The van der Waals surface area contributed by atoms with Crippen LogP contribution in [0.5, 0.6) is 11.5 Å². The number of fused-ring (bicyclic) bond motifs is 2. The minimum absolute atomic E-state index is 0.111. The molecule has 0 N–H and O–H groups in total. The van der Waals surface area contributed by atoms with Gasteiger partial charge in [-0.1, -0.05) is 12.1 Å². The molecule has 0 fully saturated rings. The predicted molar refractivity (Wildman–Crippen MR) is 102 cm³/mol. The van der Waals surface area contributed by atoms with Crippen molar-refractivity contribution in [2.24, 2.45) is 0 Å². The van der Waals surface area contributed by atoms with Crippen LogP contribution in [0.2, 0.25) is 0 Å². The molecule has 6 heteroatoms. The van der Waals surface area contributed by atoms with Crippen LogP contribution in [0.3, 0.4) is 0 Å². The van der Waals surface area contributed by atoms with E-state index in [1.54, 1.807) is 36.3 Å². The van der Waals surface area contributed by atoms with Gasteiger partial charge in [0.1, 0.15) is 17.1 Å². The highest BCUT2D eigenvalue weighted by Gasteiger charge is 2.26. The highest BCUT2D eigenvalue weighted by Crippen LogP contribution is 2.36. The van der Waals surface area contributed by atoms with Gasteiger partial charge in [-0.25, -0.2) is 4.79 Å². The molecule has 3 aromatic rings. The molecular formula is C21H19NO5. The van der Waals surface area contributed by atoms with E-state index in [9.17, 15) is 9.59 Å². The Bertz CT molecular complexity index is 1040. The summed E-state index contributed by atoms with van der Waals surface area (Å²) in [5, 5.41) is 0.794. The van der Waals surface area contributed by atoms with Crippen LogP contribution < -0.4 is 20.0 Å². The third-order valence-corrected chi connectivity index (χ3v) is 4.66. The third kappa shape index (κ3) is 3.38. The van der Waals surface area contributed by atoms with Crippen molar-refractivity contribution >= 4 is 22.6 Å². The minimum Gasteiger partial charge on any atom is -0.495 e. The largest absolute Gasteiger partial charge is 0.495 e. The van der Waals surface area contributed by atoms with Gasteiger partial charge in [0.15, 0.2) is 6.61 Å². The zero-order valence-corrected chi connectivity index (χ0v) is 14.9. The zero-order chi connectivity index (χ0) is 18.8. The van der Waals surface area contributed by atoms with Gasteiger partial charge in [-0.3, -0.25) is 4.79 Å². The molecule has 0 aliphatic carbocycles. The standard InChI is InChI=1S/C21H19NO5/c1-25-17-6-2-4-15-5-3-11-22(21(15)17)19(23)13-26-16-9-7-14-8-10-20(24)27-18(14)12-16/h2,4,6-10,12H,3,5,11,13H2,1H3. The summed E-state index contributed by atoms with van der Waals surface area (Å²) in [7, 11) is 1.60. The smallest absolute Gasteiger partial charge is 0.336 e. The van der Waals surface area contributed by atoms with E-state index in [2.05, 4.69) is 0 Å². The molecule has 1 aliphatic rings. The lowest BCUT2D eigenvalue weighted by Gasteiger charge is -2.30. The van der Waals surface area contributed by atoms with Gasteiger partial charge in [-0.15, -0.1) is 0 Å². The first kappa shape index (κ1) is 17.1. The number of para-hydroxylation sites is 1. The van der Waals surface area contributed by atoms with Gasteiger partial charge >= 0.3 is 5.63 Å². The van der Waals surface area contributed by atoms with Crippen LogP contribution >= 0.6 is 0 Å². The molecule has 27 heavy (non-hydrogen) atoms. The maximum atomic E-state index is 12.8. The lowest BCUT2D eigenvalue weighted by atomic mass is 10.0. The fraction of sp³-hybridized carbons (Fsp3) is 0.238. The summed E-state index contributed by atoms with van der Waals surface area (Å²) >= 11 is 0. The van der Waals surface area contributed by atoms with Crippen molar-refractivity contribution < 1.29 is 18.7 Å². The highest BCUT2D eigenvalue weighted by molar-refractivity contribution is 5.97. The molecule has 6 nitrogen and oxygen atoms in total. The molecule has 138 valence electrons. The fourth-order valence-corrected chi connectivity index (χ4v) is 3.38. The molecule has 2 aromatic carbocycles. The van der Waals surface area contributed by atoms with E-state index < -0.39 is 5.63 Å². The van der Waals surface area contributed by atoms with E-state index >= 15 is 0 Å². The summed E-state index contributed by atoms with van der Waals surface area (Å²) in [4.78, 5) is 25.9. The third-order valence-electron chi connectivity index (χ3n) is 4.66. The van der Waals surface area contributed by atoms with Crippen LogP contribution in [-0.2, 0) is 11.2 Å². The quantitative estimate of drug-likeness (QED) is 0.665. The van der Waals surface area contributed by atoms with Crippen LogP contribution in [0.4, 0.5) is 5.69 Å². The number of anilines is 1. The lowest BCUT2D eigenvalue weighted by Crippen LogP contribution is -2.38. The van der Waals surface area contributed by atoms with E-state index in [4.69, 9.17) is 13.9 Å². The van der Waals surface area contributed by atoms with Crippen molar-refractivity contribution in [1.82, 2.24) is 0 Å². The number of hydrogen-bond acceptors (Lipinski definition) is 5. The average Bonchev–Trinajstić information content (AvgIpc) is 2.70. The Balaban J connectivity index is 1.53. The number of benzene rings is 2. The number of methoxy groups -OCH3 is 1. The van der Waals surface area contributed by atoms with Gasteiger partial charge < -0.3 is 18.8 Å². The van der Waals surface area contributed by atoms with Crippen LogP contribution in [0.1, 0.15) is 12.0 Å². The Morgan fingerprint density at radius 2 is 2.04 bits per heavy atom. The van der Waals surface area contributed by atoms with Crippen LogP contribution in [0.15, 0.2) is 57.7 Å². The van der Waals surface area contributed by atoms with E-state index in [1.165, 1.54) is 6.07 Å². The maximum Gasteiger partial charge on any atom is 0.336 e. The van der Waals surface area contributed by atoms with E-state index in [0.717, 1.165) is 29.5 Å². The number of carbonyl (C=O) groups is 1. The topological polar surface area (TPSA) is 69.0 Å². The predicted octanol–water partition coefficient (Wildman–Crippen LogP) is 3.16. The summed E-state index contributed by atoms with van der Waals surface area (Å²) in [6.07, 6.45) is 1.81. The molecule has 0 saturated carbocycles. The number of ether oxygens (including phenoxy) is 2. The first-order valence-electron chi connectivity index (χ1n) is 8.78. The molecule has 0 bridgehead atoms. The molecule has 1 aliphatic heterocycles. The van der Waals surface area contributed by atoms with Crippen molar-refractivity contribution in [3.05, 3.63) is 64.5 Å². The SMILES string of the molecule is COc1cccc2c1N(C(=O)COc1ccc3ccc(=O)oc3c1)CCC2. The highest BCUT2D eigenvalue weighted by atomic mass is 16.5. The molecule has 1 amide bonds. The number of amides is 1. The monoisotopic (exact) mass is 365 g/mol. The summed E-state index contributed by atoms with van der Waals surface area (Å²) < 4.78 is 16.3. The normalized spacial score (nSPS) is 13.3. The second-order valence-corrected chi connectivity index (χ2v) is 6.36. The molecule has 4 rings (SSSR count). The number of rotatable bonds is 4. The lowest BCUT2D eigenvalue weighted by molar-refractivity contribution is -0.120. The Labute approximate surface area is 155 Å². The minimum atomic E-state index is -0.423. The maximum absolute atomic E-state index is 12.8. The van der Waals surface area contributed by atoms with Crippen molar-refractivity contribution in [3.63, 3.8) is 0 Å². The second kappa shape index (κ2) is 7.15. The summed E-state index contributed by atoms with van der Waals surface area (Å²) in [5.41, 5.74) is 1.93. The molecule has 0 atom stereocenters. The number of carbonyl (C=O) groups excluding carboxylic acids is 1. The number of aryl methyl sites for hydroxylation is 1. The first-order valence-corrected chi connectivity index (χ1v) is 8.78. The molecule has 0 unspecified atom stereocenters. The summed E-state index contributed by atoms with van der Waals surface area (Å²) in [5.74, 6) is 1.02. The van der Waals surface area contributed by atoms with Gasteiger partial charge in [0, 0.05) is 24.1 Å². The fourth-order valence-electron chi connectivity index (χ4n) is 3.38. The molecule has 1 aromatic heterocycles. The molecule has 0 saturated heterocycles. The Hall–Kier alpha value is -3.28. The van der Waals surface area contributed by atoms with Crippen molar-refractivity contribution in [2.45, 2.75) is 12.8 Å². The van der Waals surface area contributed by atoms with Crippen molar-refractivity contribution in [3.8, 4) is 11.5 Å². The molecule has 2 heterocycles. The van der Waals surface area contributed by atoms with Gasteiger partial charge in [-0.2, -0.15) is 0 Å². The number of nitrogens with zero attached hydrogens (tertiary/aromatic N) is 1. The second-order valence-electron chi connectivity index (χ2n) is 6.36. The van der Waals surface area contributed by atoms with Gasteiger partial charge in [0.25, 0.3) is 5.91 Å². The molecule has 0 radical (unpaired) electrons.